The van der Waals surface area contributed by atoms with Crippen molar-refractivity contribution in [3.05, 3.63) is 53.9 Å². The van der Waals surface area contributed by atoms with Crippen molar-refractivity contribution in [1.29, 1.82) is 0 Å². The van der Waals surface area contributed by atoms with Crippen molar-refractivity contribution in [1.82, 2.24) is 9.29 Å². The highest BCUT2D eigenvalue weighted by atomic mass is 32.2. The van der Waals surface area contributed by atoms with Gasteiger partial charge in [0.25, 0.3) is 10.0 Å². The number of thiophene rings is 1. The molecule has 1 aliphatic heterocycles. The summed E-state index contributed by atoms with van der Waals surface area (Å²) in [6.07, 6.45) is 2.07. The van der Waals surface area contributed by atoms with Gasteiger partial charge in [0.05, 0.1) is 10.2 Å². The number of hydrogen-bond donors (Lipinski definition) is 1. The number of rotatable bonds is 4. The quantitative estimate of drug-likeness (QED) is 0.482. The average molecular weight is 458 g/mol. The smallest absolute Gasteiger partial charge is 0.253 e. The minimum Gasteiger partial charge on any atom is -0.301 e. The van der Waals surface area contributed by atoms with Gasteiger partial charge in [-0.2, -0.15) is 4.31 Å². The van der Waals surface area contributed by atoms with Crippen molar-refractivity contribution in [3.63, 3.8) is 0 Å². The third-order valence-electron chi connectivity index (χ3n) is 5.32. The fourth-order valence-corrected chi connectivity index (χ4v) is 7.66. The van der Waals surface area contributed by atoms with Crippen molar-refractivity contribution in [2.75, 3.05) is 11.9 Å². The Morgan fingerprint density at radius 2 is 1.97 bits per heavy atom. The van der Waals surface area contributed by atoms with Gasteiger partial charge in [-0.3, -0.25) is 4.79 Å². The molecule has 5 rings (SSSR count). The van der Waals surface area contributed by atoms with E-state index in [1.165, 1.54) is 27.0 Å². The summed E-state index contributed by atoms with van der Waals surface area (Å²) >= 11 is 2.59. The molecule has 1 unspecified atom stereocenters. The maximum atomic E-state index is 13.1. The molecule has 3 heterocycles. The lowest BCUT2D eigenvalue weighted by atomic mass is 10.0. The molecule has 2 aromatic heterocycles. The van der Waals surface area contributed by atoms with E-state index in [1.807, 2.05) is 36.4 Å². The third-order valence-corrected chi connectivity index (χ3v) is 9.63. The Kier molecular flexibility index (Phi) is 5.06. The first-order valence-corrected chi connectivity index (χ1v) is 12.8. The van der Waals surface area contributed by atoms with Crippen LogP contribution in [0.15, 0.2) is 58.1 Å². The number of anilines is 1. The van der Waals surface area contributed by atoms with Gasteiger partial charge in [0.15, 0.2) is 5.13 Å². The number of thiazole rings is 1. The number of fused-ring (bicyclic) bond motifs is 3. The molecule has 154 valence electrons. The van der Waals surface area contributed by atoms with E-state index in [-0.39, 0.29) is 10.1 Å². The van der Waals surface area contributed by atoms with Gasteiger partial charge in [0, 0.05) is 11.9 Å². The van der Waals surface area contributed by atoms with E-state index < -0.39 is 16.1 Å². The van der Waals surface area contributed by atoms with Crippen LogP contribution in [0.3, 0.4) is 0 Å². The van der Waals surface area contributed by atoms with Gasteiger partial charge in [-0.1, -0.05) is 54.2 Å². The first kappa shape index (κ1) is 19.6. The Labute approximate surface area is 182 Å². The van der Waals surface area contributed by atoms with E-state index in [1.54, 1.807) is 17.5 Å². The highest BCUT2D eigenvalue weighted by Gasteiger charge is 2.38. The first-order chi connectivity index (χ1) is 14.5. The topological polar surface area (TPSA) is 79.4 Å². The molecule has 1 saturated heterocycles. The Morgan fingerprint density at radius 3 is 2.80 bits per heavy atom. The number of sulfonamides is 1. The summed E-state index contributed by atoms with van der Waals surface area (Å²) in [4.78, 5) is 17.6. The van der Waals surface area contributed by atoms with Crippen molar-refractivity contribution in [2.24, 2.45) is 0 Å². The van der Waals surface area contributed by atoms with Gasteiger partial charge >= 0.3 is 0 Å². The molecule has 1 N–H and O–H groups in total. The highest BCUT2D eigenvalue weighted by Crippen LogP contribution is 2.34. The van der Waals surface area contributed by atoms with Crippen LogP contribution in [-0.4, -0.2) is 36.2 Å². The number of benzene rings is 2. The average Bonchev–Trinajstić information content (AvgIpc) is 3.44. The normalized spacial score (nSPS) is 18.1. The molecule has 9 heteroatoms. The SMILES string of the molecule is O=C(Nc1nc2ccc3ccccc3c2s1)C1CCCCN1S(=O)(=O)c1cccs1. The van der Waals surface area contributed by atoms with Gasteiger partial charge in [0.2, 0.25) is 5.91 Å². The molecule has 1 fully saturated rings. The molecule has 2 aromatic carbocycles. The maximum absolute atomic E-state index is 13.1. The van der Waals surface area contributed by atoms with Crippen molar-refractivity contribution in [2.45, 2.75) is 29.5 Å². The minimum absolute atomic E-state index is 0.272. The Balaban J connectivity index is 1.44. The molecule has 0 aliphatic carbocycles. The van der Waals surface area contributed by atoms with Crippen LogP contribution in [0.4, 0.5) is 5.13 Å². The molecule has 1 aliphatic rings. The number of nitrogens with zero attached hydrogens (tertiary/aromatic N) is 2. The molecular formula is C21H19N3O3S3. The Morgan fingerprint density at radius 1 is 1.10 bits per heavy atom. The van der Waals surface area contributed by atoms with E-state index in [9.17, 15) is 13.2 Å². The molecule has 0 saturated carbocycles. The zero-order chi connectivity index (χ0) is 20.7. The van der Waals surface area contributed by atoms with Gasteiger partial charge in [0.1, 0.15) is 10.3 Å². The number of piperidine rings is 1. The first-order valence-electron chi connectivity index (χ1n) is 9.68. The number of hydrogen-bond acceptors (Lipinski definition) is 6. The summed E-state index contributed by atoms with van der Waals surface area (Å²) in [5.41, 5.74) is 0.820. The zero-order valence-corrected chi connectivity index (χ0v) is 18.4. The van der Waals surface area contributed by atoms with Crippen molar-refractivity contribution in [3.8, 4) is 0 Å². The van der Waals surface area contributed by atoms with Gasteiger partial charge in [-0.25, -0.2) is 13.4 Å². The Hall–Kier alpha value is -2.33. The predicted molar refractivity (Wildman–Crippen MR) is 122 cm³/mol. The lowest BCUT2D eigenvalue weighted by molar-refractivity contribution is -0.120. The molecule has 1 atom stereocenters. The largest absolute Gasteiger partial charge is 0.301 e. The van der Waals surface area contributed by atoms with E-state index in [0.29, 0.717) is 18.1 Å². The van der Waals surface area contributed by atoms with E-state index in [0.717, 1.165) is 33.8 Å². The predicted octanol–water partition coefficient (Wildman–Crippen LogP) is 4.69. The number of amides is 1. The summed E-state index contributed by atoms with van der Waals surface area (Å²) in [5, 5.41) is 7.31. The minimum atomic E-state index is -3.68. The van der Waals surface area contributed by atoms with E-state index in [4.69, 9.17) is 0 Å². The fourth-order valence-electron chi connectivity index (χ4n) is 3.88. The molecule has 0 radical (unpaired) electrons. The van der Waals surface area contributed by atoms with Gasteiger partial charge in [-0.15, -0.1) is 11.3 Å². The molecule has 1 amide bonds. The Bertz CT molecular complexity index is 1330. The summed E-state index contributed by atoms with van der Waals surface area (Å²) in [6, 6.07) is 14.6. The second-order valence-electron chi connectivity index (χ2n) is 7.20. The highest BCUT2D eigenvalue weighted by molar-refractivity contribution is 7.91. The van der Waals surface area contributed by atoms with Crippen LogP contribution in [-0.2, 0) is 14.8 Å². The second kappa shape index (κ2) is 7.73. The molecule has 0 bridgehead atoms. The summed E-state index contributed by atoms with van der Waals surface area (Å²) in [5.74, 6) is -0.321. The van der Waals surface area contributed by atoms with Crippen LogP contribution in [0.5, 0.6) is 0 Å². The maximum Gasteiger partial charge on any atom is 0.253 e. The third kappa shape index (κ3) is 3.41. The summed E-state index contributed by atoms with van der Waals surface area (Å²) in [7, 11) is -3.68. The lowest BCUT2D eigenvalue weighted by Gasteiger charge is -2.32. The summed E-state index contributed by atoms with van der Waals surface area (Å²) < 4.78 is 28.7. The molecular weight excluding hydrogens is 438 g/mol. The molecule has 30 heavy (non-hydrogen) atoms. The van der Waals surface area contributed by atoms with Crippen molar-refractivity contribution < 1.29 is 13.2 Å². The zero-order valence-electron chi connectivity index (χ0n) is 15.9. The summed E-state index contributed by atoms with van der Waals surface area (Å²) in [6.45, 7) is 0.350. The molecule has 0 spiro atoms. The van der Waals surface area contributed by atoms with Crippen LogP contribution in [0.1, 0.15) is 19.3 Å². The second-order valence-corrected chi connectivity index (χ2v) is 11.3. The fraction of sp³-hybridized carbons (Fsp3) is 0.238. The monoisotopic (exact) mass is 457 g/mol. The van der Waals surface area contributed by atoms with Crippen LogP contribution in [0, 0.1) is 0 Å². The van der Waals surface area contributed by atoms with Crippen LogP contribution in [0.25, 0.3) is 21.0 Å². The lowest BCUT2D eigenvalue weighted by Crippen LogP contribution is -2.49. The number of carbonyl (C=O) groups excluding carboxylic acids is 1. The number of aromatic nitrogens is 1. The van der Waals surface area contributed by atoms with Gasteiger partial charge < -0.3 is 5.32 Å². The van der Waals surface area contributed by atoms with E-state index in [2.05, 4.69) is 10.3 Å². The van der Waals surface area contributed by atoms with Gasteiger partial charge in [-0.05, 0) is 35.7 Å². The molecule has 4 aromatic rings. The van der Waals surface area contributed by atoms with Crippen LogP contribution < -0.4 is 5.32 Å². The standard InChI is InChI=1S/C21H19N3O3S3/c25-20(17-8-3-4-12-24(17)30(26,27)18-9-5-13-28-18)23-21-22-16-11-10-14-6-1-2-7-15(14)19(16)29-21/h1-2,5-7,9-11,13,17H,3-4,8,12H2,(H,22,23,25). The number of nitrogens with one attached hydrogen (secondary N) is 1. The van der Waals surface area contributed by atoms with Crippen molar-refractivity contribution >= 4 is 64.7 Å². The number of carbonyl (C=O) groups is 1. The van der Waals surface area contributed by atoms with E-state index >= 15 is 0 Å². The van der Waals surface area contributed by atoms with Crippen LogP contribution >= 0.6 is 22.7 Å². The van der Waals surface area contributed by atoms with Crippen LogP contribution in [0.2, 0.25) is 0 Å². The molecule has 6 nitrogen and oxygen atoms in total.